The third-order valence-corrected chi connectivity index (χ3v) is 5.44. The van der Waals surface area contributed by atoms with Crippen molar-refractivity contribution in [3.05, 3.63) is 29.6 Å². The van der Waals surface area contributed by atoms with Crippen LogP contribution in [0.1, 0.15) is 5.56 Å². The van der Waals surface area contributed by atoms with Crippen LogP contribution in [0.25, 0.3) is 0 Å². The standard InChI is InChI=1S/C17H22FN3O3S/c1-24-15-3-2-13(8-14(15)18)9-19-4-6-20(7-5-19)16(22)10-21-12-25-11-17(21)23/h2-3,8H,4-7,9-12H2,1H3. The minimum Gasteiger partial charge on any atom is -0.494 e. The summed E-state index contributed by atoms with van der Waals surface area (Å²) in [5.74, 6) is 1.01. The Morgan fingerprint density at radius 3 is 2.64 bits per heavy atom. The lowest BCUT2D eigenvalue weighted by molar-refractivity contribution is -0.139. The number of thioether (sulfide) groups is 1. The van der Waals surface area contributed by atoms with Gasteiger partial charge in [-0.25, -0.2) is 4.39 Å². The number of nitrogens with zero attached hydrogens (tertiary/aromatic N) is 3. The van der Waals surface area contributed by atoms with E-state index in [9.17, 15) is 14.0 Å². The van der Waals surface area contributed by atoms with Crippen LogP contribution in [0.4, 0.5) is 4.39 Å². The van der Waals surface area contributed by atoms with E-state index in [0.717, 1.165) is 18.7 Å². The number of hydrogen-bond acceptors (Lipinski definition) is 5. The largest absolute Gasteiger partial charge is 0.494 e. The molecule has 2 aliphatic rings. The number of methoxy groups -OCH3 is 1. The predicted molar refractivity (Wildman–Crippen MR) is 93.8 cm³/mol. The molecule has 2 amide bonds. The monoisotopic (exact) mass is 367 g/mol. The van der Waals surface area contributed by atoms with Gasteiger partial charge in [0.1, 0.15) is 6.54 Å². The Labute approximate surface area is 150 Å². The molecule has 2 heterocycles. The van der Waals surface area contributed by atoms with Crippen molar-refractivity contribution in [2.75, 3.05) is 51.5 Å². The molecule has 2 aliphatic heterocycles. The third kappa shape index (κ3) is 4.43. The van der Waals surface area contributed by atoms with Crippen molar-refractivity contribution in [2.24, 2.45) is 0 Å². The van der Waals surface area contributed by atoms with E-state index in [0.29, 0.717) is 31.3 Å². The van der Waals surface area contributed by atoms with Crippen molar-refractivity contribution in [1.29, 1.82) is 0 Å². The van der Waals surface area contributed by atoms with Crippen LogP contribution in [0.15, 0.2) is 18.2 Å². The minimum absolute atomic E-state index is 0.00555. The van der Waals surface area contributed by atoms with Gasteiger partial charge in [0.05, 0.1) is 18.7 Å². The van der Waals surface area contributed by atoms with Crippen LogP contribution < -0.4 is 4.74 Å². The normalized spacial score (nSPS) is 18.7. The highest BCUT2D eigenvalue weighted by atomic mass is 32.2. The molecule has 1 aromatic rings. The topological polar surface area (TPSA) is 53.1 Å². The lowest BCUT2D eigenvalue weighted by Gasteiger charge is -2.35. The van der Waals surface area contributed by atoms with E-state index in [2.05, 4.69) is 4.90 Å². The summed E-state index contributed by atoms with van der Waals surface area (Å²) in [6.45, 7) is 3.56. The first-order valence-corrected chi connectivity index (χ1v) is 9.40. The van der Waals surface area contributed by atoms with Crippen LogP contribution in [0.2, 0.25) is 0 Å². The lowest BCUT2D eigenvalue weighted by Crippen LogP contribution is -2.51. The van der Waals surface area contributed by atoms with E-state index >= 15 is 0 Å². The van der Waals surface area contributed by atoms with Gasteiger partial charge in [-0.2, -0.15) is 0 Å². The highest BCUT2D eigenvalue weighted by Gasteiger charge is 2.27. The van der Waals surface area contributed by atoms with Gasteiger partial charge in [-0.3, -0.25) is 14.5 Å². The molecule has 0 spiro atoms. The van der Waals surface area contributed by atoms with Crippen LogP contribution in [0.5, 0.6) is 5.75 Å². The van der Waals surface area contributed by atoms with Gasteiger partial charge in [0.2, 0.25) is 11.8 Å². The summed E-state index contributed by atoms with van der Waals surface area (Å²) >= 11 is 1.54. The molecular formula is C17H22FN3O3S. The zero-order chi connectivity index (χ0) is 17.8. The second-order valence-electron chi connectivity index (χ2n) is 6.20. The maximum Gasteiger partial charge on any atom is 0.242 e. The number of ether oxygens (including phenoxy) is 1. The number of benzene rings is 1. The van der Waals surface area contributed by atoms with Gasteiger partial charge in [-0.1, -0.05) is 6.07 Å². The molecule has 0 aromatic heterocycles. The number of piperazine rings is 1. The van der Waals surface area contributed by atoms with Crippen molar-refractivity contribution < 1.29 is 18.7 Å². The first kappa shape index (κ1) is 18.0. The lowest BCUT2D eigenvalue weighted by atomic mass is 10.2. The van der Waals surface area contributed by atoms with Crippen molar-refractivity contribution in [2.45, 2.75) is 6.54 Å². The maximum atomic E-state index is 13.8. The average Bonchev–Trinajstić information content (AvgIpc) is 3.00. The van der Waals surface area contributed by atoms with Crippen LogP contribution >= 0.6 is 11.8 Å². The van der Waals surface area contributed by atoms with Crippen molar-refractivity contribution in [3.8, 4) is 5.75 Å². The number of hydrogen-bond donors (Lipinski definition) is 0. The molecule has 2 saturated heterocycles. The van der Waals surface area contributed by atoms with E-state index < -0.39 is 0 Å². The van der Waals surface area contributed by atoms with Crippen LogP contribution in [-0.4, -0.2) is 78.0 Å². The Morgan fingerprint density at radius 1 is 1.28 bits per heavy atom. The Morgan fingerprint density at radius 2 is 2.04 bits per heavy atom. The Bertz CT molecular complexity index is 650. The quantitative estimate of drug-likeness (QED) is 0.778. The smallest absolute Gasteiger partial charge is 0.242 e. The van der Waals surface area contributed by atoms with Gasteiger partial charge >= 0.3 is 0 Å². The third-order valence-electron chi connectivity index (χ3n) is 4.50. The zero-order valence-corrected chi connectivity index (χ0v) is 15.1. The Balaban J connectivity index is 1.47. The minimum atomic E-state index is -0.359. The van der Waals surface area contributed by atoms with Crippen LogP contribution in [-0.2, 0) is 16.1 Å². The summed E-state index contributed by atoms with van der Waals surface area (Å²) in [5.41, 5.74) is 0.887. The van der Waals surface area contributed by atoms with E-state index in [-0.39, 0.29) is 29.9 Å². The molecule has 0 bridgehead atoms. The molecule has 0 N–H and O–H groups in total. The van der Waals surface area contributed by atoms with Crippen molar-refractivity contribution >= 4 is 23.6 Å². The molecule has 2 fully saturated rings. The van der Waals surface area contributed by atoms with E-state index in [1.807, 2.05) is 6.07 Å². The van der Waals surface area contributed by atoms with Crippen LogP contribution in [0, 0.1) is 5.82 Å². The second kappa shape index (κ2) is 8.05. The fraction of sp³-hybridized carbons (Fsp3) is 0.529. The molecule has 3 rings (SSSR count). The molecular weight excluding hydrogens is 345 g/mol. The average molecular weight is 367 g/mol. The van der Waals surface area contributed by atoms with Gasteiger partial charge in [0.15, 0.2) is 11.6 Å². The van der Waals surface area contributed by atoms with Crippen LogP contribution in [0.3, 0.4) is 0 Å². The molecule has 0 atom stereocenters. The number of rotatable bonds is 5. The molecule has 0 aliphatic carbocycles. The number of carbonyl (C=O) groups excluding carboxylic acids is 2. The highest BCUT2D eigenvalue weighted by Crippen LogP contribution is 2.19. The highest BCUT2D eigenvalue weighted by molar-refractivity contribution is 8.00. The van der Waals surface area contributed by atoms with Gasteiger partial charge in [0.25, 0.3) is 0 Å². The summed E-state index contributed by atoms with van der Waals surface area (Å²) < 4.78 is 18.7. The molecule has 0 radical (unpaired) electrons. The SMILES string of the molecule is COc1ccc(CN2CCN(C(=O)CN3CSCC3=O)CC2)cc1F. The van der Waals surface area contributed by atoms with Gasteiger partial charge < -0.3 is 14.5 Å². The Hall–Kier alpha value is -1.80. The van der Waals surface area contributed by atoms with Crippen molar-refractivity contribution in [1.82, 2.24) is 14.7 Å². The first-order chi connectivity index (χ1) is 12.1. The molecule has 1 aromatic carbocycles. The summed E-state index contributed by atoms with van der Waals surface area (Å²) in [6, 6.07) is 4.98. The number of carbonyl (C=O) groups is 2. The van der Waals surface area contributed by atoms with E-state index in [1.54, 1.807) is 27.6 Å². The van der Waals surface area contributed by atoms with Gasteiger partial charge in [-0.15, -0.1) is 11.8 Å². The molecule has 6 nitrogen and oxygen atoms in total. The first-order valence-electron chi connectivity index (χ1n) is 8.25. The van der Waals surface area contributed by atoms with Gasteiger partial charge in [-0.05, 0) is 17.7 Å². The number of amides is 2. The molecule has 0 unspecified atom stereocenters. The molecule has 136 valence electrons. The van der Waals surface area contributed by atoms with E-state index in [4.69, 9.17) is 4.74 Å². The second-order valence-corrected chi connectivity index (χ2v) is 7.15. The summed E-state index contributed by atoms with van der Waals surface area (Å²) in [7, 11) is 1.45. The zero-order valence-electron chi connectivity index (χ0n) is 14.2. The predicted octanol–water partition coefficient (Wildman–Crippen LogP) is 1.01. The number of halogens is 1. The maximum absolute atomic E-state index is 13.8. The molecule has 0 saturated carbocycles. The van der Waals surface area contributed by atoms with E-state index in [1.165, 1.54) is 13.2 Å². The fourth-order valence-corrected chi connectivity index (χ4v) is 3.93. The summed E-state index contributed by atoms with van der Waals surface area (Å²) in [6.07, 6.45) is 0. The summed E-state index contributed by atoms with van der Waals surface area (Å²) in [5, 5.41) is 0. The fourth-order valence-electron chi connectivity index (χ4n) is 3.03. The summed E-state index contributed by atoms with van der Waals surface area (Å²) in [4.78, 5) is 29.5. The Kier molecular flexibility index (Phi) is 5.80. The van der Waals surface area contributed by atoms with Crippen molar-refractivity contribution in [3.63, 3.8) is 0 Å². The van der Waals surface area contributed by atoms with Gasteiger partial charge in [0, 0.05) is 32.7 Å². The molecule has 25 heavy (non-hydrogen) atoms. The molecule has 8 heteroatoms.